The summed E-state index contributed by atoms with van der Waals surface area (Å²) in [6.45, 7) is 0. The molecule has 2 rings (SSSR count). The summed E-state index contributed by atoms with van der Waals surface area (Å²) in [6, 6.07) is 6.72. The minimum absolute atomic E-state index is 0.0537. The first-order chi connectivity index (χ1) is 9.88. The smallest absolute Gasteiger partial charge is 0.303 e. The van der Waals surface area contributed by atoms with E-state index in [4.69, 9.17) is 5.11 Å². The van der Waals surface area contributed by atoms with Crippen molar-refractivity contribution >= 4 is 21.7 Å². The summed E-state index contributed by atoms with van der Waals surface area (Å²) >= 11 is 0. The number of rotatable bonds is 6. The molecule has 1 heterocycles. The van der Waals surface area contributed by atoms with Crippen LogP contribution in [0.1, 0.15) is 12.0 Å². The Morgan fingerprint density at radius 3 is 2.71 bits per heavy atom. The van der Waals surface area contributed by atoms with Crippen LogP contribution in [0.25, 0.3) is 0 Å². The minimum atomic E-state index is -3.73. The Morgan fingerprint density at radius 2 is 2.10 bits per heavy atom. The van der Waals surface area contributed by atoms with E-state index in [0.717, 1.165) is 0 Å². The maximum Gasteiger partial charge on any atom is 0.303 e. The second kappa shape index (κ2) is 5.96. The summed E-state index contributed by atoms with van der Waals surface area (Å²) in [7, 11) is -2.11. The number of para-hydroxylation sites is 1. The van der Waals surface area contributed by atoms with E-state index < -0.39 is 16.0 Å². The number of carbonyl (C=O) groups is 1. The third-order valence-corrected chi connectivity index (χ3v) is 4.18. The van der Waals surface area contributed by atoms with Crippen molar-refractivity contribution in [2.24, 2.45) is 7.05 Å². The van der Waals surface area contributed by atoms with Gasteiger partial charge in [-0.3, -0.25) is 14.2 Å². The molecule has 0 spiro atoms. The molecule has 0 fully saturated rings. The second-order valence-corrected chi connectivity index (χ2v) is 6.19. The summed E-state index contributed by atoms with van der Waals surface area (Å²) < 4.78 is 28.3. The van der Waals surface area contributed by atoms with E-state index in [0.29, 0.717) is 11.3 Å². The van der Waals surface area contributed by atoms with Gasteiger partial charge in [0.2, 0.25) is 0 Å². The quantitative estimate of drug-likeness (QED) is 0.836. The van der Waals surface area contributed by atoms with Crippen LogP contribution in [0.3, 0.4) is 0 Å². The fourth-order valence-corrected chi connectivity index (χ4v) is 2.90. The first-order valence-corrected chi connectivity index (χ1v) is 7.68. The van der Waals surface area contributed by atoms with Crippen LogP contribution in [-0.2, 0) is 28.3 Å². The normalized spacial score (nSPS) is 11.3. The highest BCUT2D eigenvalue weighted by molar-refractivity contribution is 7.92. The van der Waals surface area contributed by atoms with Crippen molar-refractivity contribution < 1.29 is 18.3 Å². The molecule has 0 aliphatic heterocycles. The molecule has 0 amide bonds. The number of sulfonamides is 1. The molecule has 112 valence electrons. The maximum atomic E-state index is 12.2. The summed E-state index contributed by atoms with van der Waals surface area (Å²) in [4.78, 5) is 10.7. The average molecular weight is 309 g/mol. The first kappa shape index (κ1) is 15.0. The zero-order valence-electron chi connectivity index (χ0n) is 11.4. The van der Waals surface area contributed by atoms with Crippen LogP contribution < -0.4 is 4.72 Å². The van der Waals surface area contributed by atoms with Crippen molar-refractivity contribution in [2.45, 2.75) is 17.7 Å². The van der Waals surface area contributed by atoms with E-state index in [1.807, 2.05) is 0 Å². The van der Waals surface area contributed by atoms with Crippen molar-refractivity contribution in [3.8, 4) is 0 Å². The predicted molar refractivity (Wildman–Crippen MR) is 76.4 cm³/mol. The van der Waals surface area contributed by atoms with Gasteiger partial charge in [0.1, 0.15) is 4.90 Å². The molecule has 21 heavy (non-hydrogen) atoms. The number of carboxylic acid groups (broad SMARTS) is 1. The van der Waals surface area contributed by atoms with Gasteiger partial charge in [0.25, 0.3) is 10.0 Å². The molecular weight excluding hydrogens is 294 g/mol. The fourth-order valence-electron chi connectivity index (χ4n) is 1.82. The Balaban J connectivity index is 2.25. The second-order valence-electron chi connectivity index (χ2n) is 4.51. The number of nitrogens with one attached hydrogen (secondary N) is 1. The Kier molecular flexibility index (Phi) is 4.27. The highest BCUT2D eigenvalue weighted by atomic mass is 32.2. The molecule has 0 atom stereocenters. The van der Waals surface area contributed by atoms with Gasteiger partial charge in [-0.25, -0.2) is 8.42 Å². The van der Waals surface area contributed by atoms with Crippen LogP contribution in [0.5, 0.6) is 0 Å². The summed E-state index contributed by atoms with van der Waals surface area (Å²) in [5.74, 6) is -0.931. The molecule has 0 unspecified atom stereocenters. The van der Waals surface area contributed by atoms with E-state index in [1.165, 1.54) is 17.1 Å². The van der Waals surface area contributed by atoms with E-state index in [-0.39, 0.29) is 17.7 Å². The molecule has 1 aromatic carbocycles. The van der Waals surface area contributed by atoms with E-state index in [2.05, 4.69) is 9.82 Å². The van der Waals surface area contributed by atoms with Gasteiger partial charge < -0.3 is 5.11 Å². The van der Waals surface area contributed by atoms with Crippen LogP contribution in [-0.4, -0.2) is 29.3 Å². The SMILES string of the molecule is Cn1cc(S(=O)(=O)Nc2ccccc2CCC(=O)O)cn1. The summed E-state index contributed by atoms with van der Waals surface area (Å²) in [5.41, 5.74) is 1.01. The van der Waals surface area contributed by atoms with Crippen molar-refractivity contribution in [2.75, 3.05) is 4.72 Å². The number of nitrogens with zero attached hydrogens (tertiary/aromatic N) is 2. The van der Waals surface area contributed by atoms with Gasteiger partial charge >= 0.3 is 5.97 Å². The van der Waals surface area contributed by atoms with Crippen molar-refractivity contribution in [1.82, 2.24) is 9.78 Å². The summed E-state index contributed by atoms with van der Waals surface area (Å²) in [6.07, 6.45) is 2.83. The van der Waals surface area contributed by atoms with Crippen LogP contribution in [0.15, 0.2) is 41.6 Å². The first-order valence-electron chi connectivity index (χ1n) is 6.19. The van der Waals surface area contributed by atoms with Gasteiger partial charge in [-0.1, -0.05) is 18.2 Å². The molecule has 0 aliphatic carbocycles. The van der Waals surface area contributed by atoms with Crippen LogP contribution >= 0.6 is 0 Å². The highest BCUT2D eigenvalue weighted by Crippen LogP contribution is 2.21. The number of aryl methyl sites for hydroxylation is 2. The Bertz CT molecular complexity index is 752. The highest BCUT2D eigenvalue weighted by Gasteiger charge is 2.17. The number of hydrogen-bond acceptors (Lipinski definition) is 4. The molecule has 0 aliphatic rings. The number of carboxylic acids is 1. The number of aromatic nitrogens is 2. The monoisotopic (exact) mass is 309 g/mol. The largest absolute Gasteiger partial charge is 0.481 e. The summed E-state index contributed by atoms with van der Waals surface area (Å²) in [5, 5.41) is 12.6. The zero-order chi connectivity index (χ0) is 15.5. The van der Waals surface area contributed by atoms with E-state index >= 15 is 0 Å². The Labute approximate surface area is 122 Å². The average Bonchev–Trinajstić information content (AvgIpc) is 2.85. The van der Waals surface area contributed by atoms with Crippen molar-refractivity contribution in [3.05, 3.63) is 42.2 Å². The van der Waals surface area contributed by atoms with Crippen LogP contribution in [0.2, 0.25) is 0 Å². The van der Waals surface area contributed by atoms with E-state index in [9.17, 15) is 13.2 Å². The predicted octanol–water partition coefficient (Wildman–Crippen LogP) is 1.24. The molecule has 0 bridgehead atoms. The molecule has 0 saturated heterocycles. The molecule has 2 aromatic rings. The van der Waals surface area contributed by atoms with Gasteiger partial charge in [-0.15, -0.1) is 0 Å². The lowest BCUT2D eigenvalue weighted by Gasteiger charge is -2.11. The topological polar surface area (TPSA) is 101 Å². The van der Waals surface area contributed by atoms with Crippen LogP contribution in [0, 0.1) is 0 Å². The number of hydrogen-bond donors (Lipinski definition) is 2. The molecule has 1 aromatic heterocycles. The standard InChI is InChI=1S/C13H15N3O4S/c1-16-9-11(8-14-16)21(19,20)15-12-5-3-2-4-10(12)6-7-13(17)18/h2-5,8-9,15H,6-7H2,1H3,(H,17,18). The van der Waals surface area contributed by atoms with Crippen LogP contribution in [0.4, 0.5) is 5.69 Å². The number of aliphatic carboxylic acids is 1. The fraction of sp³-hybridized carbons (Fsp3) is 0.231. The minimum Gasteiger partial charge on any atom is -0.481 e. The lowest BCUT2D eigenvalue weighted by Crippen LogP contribution is -2.14. The molecular formula is C13H15N3O4S. The third-order valence-electron chi connectivity index (χ3n) is 2.86. The third kappa shape index (κ3) is 3.82. The van der Waals surface area contributed by atoms with Gasteiger partial charge in [0.05, 0.1) is 11.9 Å². The maximum absolute atomic E-state index is 12.2. The number of anilines is 1. The number of benzene rings is 1. The van der Waals surface area contributed by atoms with Gasteiger partial charge in [0, 0.05) is 19.7 Å². The lowest BCUT2D eigenvalue weighted by molar-refractivity contribution is -0.136. The Hall–Kier alpha value is -2.35. The molecule has 7 nitrogen and oxygen atoms in total. The molecule has 2 N–H and O–H groups in total. The van der Waals surface area contributed by atoms with Gasteiger partial charge in [-0.05, 0) is 18.1 Å². The van der Waals surface area contributed by atoms with E-state index in [1.54, 1.807) is 31.3 Å². The van der Waals surface area contributed by atoms with Crippen molar-refractivity contribution in [1.29, 1.82) is 0 Å². The molecule has 8 heteroatoms. The van der Waals surface area contributed by atoms with Crippen molar-refractivity contribution in [3.63, 3.8) is 0 Å². The van der Waals surface area contributed by atoms with Gasteiger partial charge in [0.15, 0.2) is 0 Å². The van der Waals surface area contributed by atoms with Gasteiger partial charge in [-0.2, -0.15) is 5.10 Å². The molecule has 0 saturated carbocycles. The lowest BCUT2D eigenvalue weighted by atomic mass is 10.1. The zero-order valence-corrected chi connectivity index (χ0v) is 12.2. The Morgan fingerprint density at radius 1 is 1.38 bits per heavy atom. The molecule has 0 radical (unpaired) electrons.